The van der Waals surface area contributed by atoms with Crippen LogP contribution in [0.3, 0.4) is 0 Å². The average molecular weight is 293 g/mol. The highest BCUT2D eigenvalue weighted by Crippen LogP contribution is 2.21. The molecule has 0 unspecified atom stereocenters. The molecule has 0 aliphatic carbocycles. The molecule has 0 bridgehead atoms. The Morgan fingerprint density at radius 3 is 2.33 bits per heavy atom. The van der Waals surface area contributed by atoms with E-state index in [1.54, 1.807) is 18.2 Å². The van der Waals surface area contributed by atoms with Crippen LogP contribution in [-0.2, 0) is 6.54 Å². The fourth-order valence-electron chi connectivity index (χ4n) is 2.07. The second-order valence-electron chi connectivity index (χ2n) is 4.51. The van der Waals surface area contributed by atoms with Crippen LogP contribution in [0.15, 0.2) is 54.6 Å². The molecule has 0 aromatic heterocycles. The average Bonchev–Trinajstić information content (AvgIpc) is 2.50. The van der Waals surface area contributed by atoms with E-state index in [2.05, 4.69) is 10.1 Å². The molecule has 2 aromatic rings. The van der Waals surface area contributed by atoms with Crippen molar-refractivity contribution < 1.29 is 18.6 Å². The first-order chi connectivity index (χ1) is 10.2. The van der Waals surface area contributed by atoms with Crippen molar-refractivity contribution in [3.63, 3.8) is 0 Å². The summed E-state index contributed by atoms with van der Waals surface area (Å²) in [6.45, 7) is -2.61. The molecule has 0 saturated heterocycles. The van der Waals surface area contributed by atoms with Crippen molar-refractivity contribution in [1.82, 2.24) is 5.32 Å². The largest absolute Gasteiger partial charge is 0.434 e. The lowest BCUT2D eigenvalue weighted by Gasteiger charge is -2.18. The van der Waals surface area contributed by atoms with Gasteiger partial charge in [0.15, 0.2) is 0 Å². The highest BCUT2D eigenvalue weighted by Gasteiger charge is 2.12. The minimum atomic E-state index is -2.85. The standard InChI is InChI=1S/C16H17F2NO2/c17-16(18)21-15-9-5-4-8-13(15)10-19-14(11-20)12-6-2-1-3-7-12/h1-9,14,16,19-20H,10-11H2/t14-/m1/s1. The van der Waals surface area contributed by atoms with Gasteiger partial charge in [-0.15, -0.1) is 0 Å². The third kappa shape index (κ3) is 4.51. The summed E-state index contributed by atoms with van der Waals surface area (Å²) in [6, 6.07) is 15.8. The number of aliphatic hydroxyl groups is 1. The fraction of sp³-hybridized carbons (Fsp3) is 0.250. The third-order valence-electron chi connectivity index (χ3n) is 3.11. The normalized spacial score (nSPS) is 12.4. The van der Waals surface area contributed by atoms with Crippen molar-refractivity contribution in [2.24, 2.45) is 0 Å². The maximum Gasteiger partial charge on any atom is 0.387 e. The molecule has 0 fully saturated rings. The molecule has 0 heterocycles. The number of ether oxygens (including phenoxy) is 1. The van der Waals surface area contributed by atoms with E-state index in [9.17, 15) is 13.9 Å². The Kier molecular flexibility index (Phi) is 5.66. The Morgan fingerprint density at radius 2 is 1.67 bits per heavy atom. The molecular formula is C16H17F2NO2. The smallest absolute Gasteiger partial charge is 0.387 e. The van der Waals surface area contributed by atoms with Gasteiger partial charge in [0.05, 0.1) is 12.6 Å². The van der Waals surface area contributed by atoms with E-state index < -0.39 is 6.61 Å². The lowest BCUT2D eigenvalue weighted by Crippen LogP contribution is -2.24. The van der Waals surface area contributed by atoms with Gasteiger partial charge in [0.1, 0.15) is 5.75 Å². The number of nitrogens with one attached hydrogen (secondary N) is 1. The van der Waals surface area contributed by atoms with Gasteiger partial charge >= 0.3 is 6.61 Å². The van der Waals surface area contributed by atoms with E-state index in [0.717, 1.165) is 5.56 Å². The van der Waals surface area contributed by atoms with Crippen molar-refractivity contribution in [2.75, 3.05) is 6.61 Å². The van der Waals surface area contributed by atoms with Gasteiger partial charge in [-0.3, -0.25) is 0 Å². The van der Waals surface area contributed by atoms with Crippen molar-refractivity contribution in [1.29, 1.82) is 0 Å². The summed E-state index contributed by atoms with van der Waals surface area (Å²) in [7, 11) is 0. The summed E-state index contributed by atoms with van der Waals surface area (Å²) in [5, 5.41) is 12.6. The van der Waals surface area contributed by atoms with Gasteiger partial charge < -0.3 is 15.2 Å². The van der Waals surface area contributed by atoms with Crippen LogP contribution < -0.4 is 10.1 Å². The van der Waals surface area contributed by atoms with Crippen LogP contribution in [0, 0.1) is 0 Å². The number of benzene rings is 2. The molecule has 0 saturated carbocycles. The molecule has 112 valence electrons. The monoisotopic (exact) mass is 293 g/mol. The second kappa shape index (κ2) is 7.71. The molecule has 2 rings (SSSR count). The number of hydrogen-bond donors (Lipinski definition) is 2. The summed E-state index contributed by atoms with van der Waals surface area (Å²) in [4.78, 5) is 0. The summed E-state index contributed by atoms with van der Waals surface area (Å²) < 4.78 is 29.2. The van der Waals surface area contributed by atoms with Crippen molar-refractivity contribution in [3.8, 4) is 5.75 Å². The molecule has 0 aliphatic heterocycles. The molecule has 0 aliphatic rings. The summed E-state index contributed by atoms with van der Waals surface area (Å²) in [5.41, 5.74) is 1.56. The van der Waals surface area contributed by atoms with E-state index in [4.69, 9.17) is 0 Å². The highest BCUT2D eigenvalue weighted by molar-refractivity contribution is 5.33. The van der Waals surface area contributed by atoms with Crippen LogP contribution in [-0.4, -0.2) is 18.3 Å². The van der Waals surface area contributed by atoms with Gasteiger partial charge in [-0.2, -0.15) is 8.78 Å². The van der Waals surface area contributed by atoms with Gasteiger partial charge in [0.25, 0.3) is 0 Å². The molecular weight excluding hydrogens is 276 g/mol. The van der Waals surface area contributed by atoms with Crippen molar-refractivity contribution >= 4 is 0 Å². The number of alkyl halides is 2. The molecule has 0 amide bonds. The van der Waals surface area contributed by atoms with E-state index in [0.29, 0.717) is 12.1 Å². The Morgan fingerprint density at radius 1 is 1.00 bits per heavy atom. The van der Waals surface area contributed by atoms with E-state index in [1.807, 2.05) is 30.3 Å². The minimum absolute atomic E-state index is 0.0815. The molecule has 0 spiro atoms. The molecule has 2 aromatic carbocycles. The van der Waals surface area contributed by atoms with Crippen LogP contribution >= 0.6 is 0 Å². The predicted molar refractivity (Wildman–Crippen MR) is 76.2 cm³/mol. The number of rotatable bonds is 7. The number of halogens is 2. The summed E-state index contributed by atoms with van der Waals surface area (Å²) >= 11 is 0. The third-order valence-corrected chi connectivity index (χ3v) is 3.11. The maximum atomic E-state index is 12.3. The lowest BCUT2D eigenvalue weighted by atomic mass is 10.1. The lowest BCUT2D eigenvalue weighted by molar-refractivity contribution is -0.0505. The number of hydrogen-bond acceptors (Lipinski definition) is 3. The maximum absolute atomic E-state index is 12.3. The Bertz CT molecular complexity index is 549. The van der Waals surface area contributed by atoms with Gasteiger partial charge in [0, 0.05) is 12.1 Å². The van der Waals surface area contributed by atoms with Crippen LogP contribution in [0.4, 0.5) is 8.78 Å². The predicted octanol–water partition coefficient (Wildman–Crippen LogP) is 3.11. The van der Waals surface area contributed by atoms with Crippen LogP contribution in [0.25, 0.3) is 0 Å². The molecule has 2 N–H and O–H groups in total. The number of para-hydroxylation sites is 1. The first-order valence-corrected chi connectivity index (χ1v) is 6.62. The highest BCUT2D eigenvalue weighted by atomic mass is 19.3. The zero-order valence-electron chi connectivity index (χ0n) is 11.4. The van der Waals surface area contributed by atoms with Crippen molar-refractivity contribution in [2.45, 2.75) is 19.2 Å². The summed E-state index contributed by atoms with van der Waals surface area (Å²) in [6.07, 6.45) is 0. The first kappa shape index (κ1) is 15.4. The molecule has 1 atom stereocenters. The zero-order chi connectivity index (χ0) is 15.1. The fourth-order valence-corrected chi connectivity index (χ4v) is 2.07. The SMILES string of the molecule is OC[C@@H](NCc1ccccc1OC(F)F)c1ccccc1. The Balaban J connectivity index is 2.05. The van der Waals surface area contributed by atoms with Gasteiger partial charge in [-0.1, -0.05) is 48.5 Å². The van der Waals surface area contributed by atoms with E-state index >= 15 is 0 Å². The van der Waals surface area contributed by atoms with Gasteiger partial charge in [-0.25, -0.2) is 0 Å². The second-order valence-corrected chi connectivity index (χ2v) is 4.51. The van der Waals surface area contributed by atoms with E-state index in [-0.39, 0.29) is 18.4 Å². The van der Waals surface area contributed by atoms with Gasteiger partial charge in [-0.05, 0) is 11.6 Å². The molecule has 3 nitrogen and oxygen atoms in total. The summed E-state index contributed by atoms with van der Waals surface area (Å²) in [5.74, 6) is 0.143. The van der Waals surface area contributed by atoms with Gasteiger partial charge in [0.2, 0.25) is 0 Å². The zero-order valence-corrected chi connectivity index (χ0v) is 11.4. The first-order valence-electron chi connectivity index (χ1n) is 6.62. The van der Waals surface area contributed by atoms with Crippen LogP contribution in [0.5, 0.6) is 5.75 Å². The van der Waals surface area contributed by atoms with Crippen LogP contribution in [0.2, 0.25) is 0 Å². The molecule has 21 heavy (non-hydrogen) atoms. The number of aliphatic hydroxyl groups excluding tert-OH is 1. The molecule has 0 radical (unpaired) electrons. The Hall–Kier alpha value is -1.98. The van der Waals surface area contributed by atoms with Crippen molar-refractivity contribution in [3.05, 3.63) is 65.7 Å². The molecule has 5 heteroatoms. The quantitative estimate of drug-likeness (QED) is 0.824. The topological polar surface area (TPSA) is 41.5 Å². The van der Waals surface area contributed by atoms with Crippen LogP contribution in [0.1, 0.15) is 17.2 Å². The van der Waals surface area contributed by atoms with E-state index in [1.165, 1.54) is 6.07 Å². The Labute approximate surface area is 122 Å². The minimum Gasteiger partial charge on any atom is -0.434 e.